The molecule has 2 aromatic carbocycles. The number of hydrogen-bond acceptors (Lipinski definition) is 6. The first-order valence-electron chi connectivity index (χ1n) is 10.4. The van der Waals surface area contributed by atoms with Gasteiger partial charge >= 0.3 is 5.69 Å². The molecule has 0 aliphatic carbocycles. The molecule has 4 rings (SSSR count). The first-order chi connectivity index (χ1) is 16.1. The fourth-order valence-corrected chi connectivity index (χ4v) is 4.33. The number of nitrogens with zero attached hydrogens (tertiary/aromatic N) is 3. The van der Waals surface area contributed by atoms with E-state index >= 15 is 0 Å². The van der Waals surface area contributed by atoms with Crippen molar-refractivity contribution in [1.82, 2.24) is 13.7 Å². The van der Waals surface area contributed by atoms with E-state index in [1.54, 1.807) is 26.0 Å². The van der Waals surface area contributed by atoms with Crippen LogP contribution in [0.3, 0.4) is 0 Å². The number of fused-ring (bicyclic) bond motifs is 1. The van der Waals surface area contributed by atoms with E-state index in [-0.39, 0.29) is 22.4 Å². The largest absolute Gasteiger partial charge is 0.354 e. The number of anilines is 3. The number of hydrogen-bond donors (Lipinski definition) is 2. The highest BCUT2D eigenvalue weighted by Gasteiger charge is 2.23. The third-order valence-electron chi connectivity index (χ3n) is 5.70. The molecule has 8 nitrogen and oxygen atoms in total. The lowest BCUT2D eigenvalue weighted by molar-refractivity contribution is 0.608. The molecule has 0 radical (unpaired) electrons. The van der Waals surface area contributed by atoms with Gasteiger partial charge in [-0.2, -0.15) is 0 Å². The molecule has 176 valence electrons. The minimum Gasteiger partial charge on any atom is -0.354 e. The zero-order valence-electron chi connectivity index (χ0n) is 19.4. The fourth-order valence-electron chi connectivity index (χ4n) is 3.97. The van der Waals surface area contributed by atoms with Gasteiger partial charge in [0.25, 0.3) is 11.1 Å². The van der Waals surface area contributed by atoms with E-state index in [1.807, 2.05) is 24.5 Å². The third-order valence-corrected chi connectivity index (χ3v) is 6.14. The molecule has 0 aliphatic heterocycles. The first kappa shape index (κ1) is 23.4. The molecule has 0 unspecified atom stereocenters. The second-order valence-electron chi connectivity index (χ2n) is 8.01. The topological polar surface area (TPSA) is 90.1 Å². The summed E-state index contributed by atoms with van der Waals surface area (Å²) in [5.41, 5.74) is 0.898. The molecule has 10 heteroatoms. The molecule has 2 heterocycles. The normalized spacial score (nSPS) is 11.1. The third kappa shape index (κ3) is 3.79. The van der Waals surface area contributed by atoms with E-state index in [0.29, 0.717) is 16.8 Å². The summed E-state index contributed by atoms with van der Waals surface area (Å²) in [7, 11) is 2.80. The van der Waals surface area contributed by atoms with Crippen LogP contribution in [0.4, 0.5) is 21.5 Å². The maximum Gasteiger partial charge on any atom is 0.337 e. The summed E-state index contributed by atoms with van der Waals surface area (Å²) in [4.78, 5) is 39.7. The monoisotopic (exact) mass is 481 g/mol. The van der Waals surface area contributed by atoms with Gasteiger partial charge in [0.15, 0.2) is 0 Å². The zero-order valence-corrected chi connectivity index (χ0v) is 20.2. The van der Waals surface area contributed by atoms with Crippen LogP contribution in [0.15, 0.2) is 56.8 Å². The van der Waals surface area contributed by atoms with E-state index in [1.165, 1.54) is 42.7 Å². The molecule has 0 bridgehead atoms. The van der Waals surface area contributed by atoms with Crippen LogP contribution in [0, 0.1) is 19.7 Å². The number of rotatable bonds is 5. The van der Waals surface area contributed by atoms with E-state index in [2.05, 4.69) is 10.0 Å². The molecule has 0 atom stereocenters. The van der Waals surface area contributed by atoms with Gasteiger partial charge in [-0.15, -0.1) is 0 Å². The maximum atomic E-state index is 15.0. The van der Waals surface area contributed by atoms with E-state index < -0.39 is 22.6 Å². The molecular weight excluding hydrogens is 457 g/mol. The smallest absolute Gasteiger partial charge is 0.337 e. The second kappa shape index (κ2) is 8.86. The van der Waals surface area contributed by atoms with Crippen LogP contribution in [0.5, 0.6) is 0 Å². The minimum atomic E-state index is -0.753. The van der Waals surface area contributed by atoms with Crippen LogP contribution in [-0.2, 0) is 14.1 Å². The molecule has 0 aliphatic rings. The van der Waals surface area contributed by atoms with Crippen molar-refractivity contribution in [1.29, 1.82) is 0 Å². The molecule has 0 spiro atoms. The van der Waals surface area contributed by atoms with E-state index in [0.717, 1.165) is 14.8 Å². The van der Waals surface area contributed by atoms with Crippen LogP contribution in [0.2, 0.25) is 0 Å². The average Bonchev–Trinajstić information content (AvgIpc) is 2.80. The van der Waals surface area contributed by atoms with Crippen LogP contribution in [0.25, 0.3) is 16.7 Å². The lowest BCUT2D eigenvalue weighted by Crippen LogP contribution is -2.41. The Bertz CT molecular complexity index is 1620. The predicted molar refractivity (Wildman–Crippen MR) is 136 cm³/mol. The summed E-state index contributed by atoms with van der Waals surface area (Å²) in [5, 5.41) is 3.29. The van der Waals surface area contributed by atoms with Gasteiger partial charge in [0.05, 0.1) is 11.4 Å². The SMILES string of the molecule is CSNc1cccc(Nc2c(C)c(=O)n(C)c3c2c(=O)n(C)c(=O)n3-c2ccc(C)cc2F)c1. The summed E-state index contributed by atoms with van der Waals surface area (Å²) in [6.45, 7) is 3.34. The Kier molecular flexibility index (Phi) is 6.09. The second-order valence-corrected chi connectivity index (χ2v) is 8.62. The van der Waals surface area contributed by atoms with Crippen LogP contribution in [-0.4, -0.2) is 20.0 Å². The number of aryl methyl sites for hydroxylation is 2. The quantitative estimate of drug-likeness (QED) is 0.424. The Labute approximate surface area is 198 Å². The van der Waals surface area contributed by atoms with Gasteiger partial charge in [-0.1, -0.05) is 24.1 Å². The van der Waals surface area contributed by atoms with Gasteiger partial charge in [0, 0.05) is 37.3 Å². The van der Waals surface area contributed by atoms with Gasteiger partial charge in [-0.05, 0) is 49.7 Å². The first-order valence-corrected chi connectivity index (χ1v) is 11.7. The van der Waals surface area contributed by atoms with Crippen molar-refractivity contribution in [3.8, 4) is 5.69 Å². The van der Waals surface area contributed by atoms with Crippen LogP contribution < -0.4 is 26.8 Å². The molecule has 2 aromatic heterocycles. The molecule has 4 aromatic rings. The molecule has 0 fully saturated rings. The Morgan fingerprint density at radius 2 is 1.62 bits per heavy atom. The molecule has 2 N–H and O–H groups in total. The summed E-state index contributed by atoms with van der Waals surface area (Å²) in [6.07, 6.45) is 1.89. The van der Waals surface area contributed by atoms with Crippen molar-refractivity contribution in [2.75, 3.05) is 16.3 Å². The van der Waals surface area contributed by atoms with Crippen molar-refractivity contribution in [3.05, 3.63) is 90.6 Å². The average molecular weight is 482 g/mol. The summed E-state index contributed by atoms with van der Waals surface area (Å²) >= 11 is 1.43. The Balaban J connectivity index is 2.13. The molecule has 0 saturated heterocycles. The van der Waals surface area contributed by atoms with Crippen molar-refractivity contribution in [2.45, 2.75) is 13.8 Å². The Hall–Kier alpha value is -3.79. The Morgan fingerprint density at radius 3 is 2.29 bits per heavy atom. The zero-order chi connectivity index (χ0) is 24.7. The number of pyridine rings is 1. The highest BCUT2D eigenvalue weighted by atomic mass is 32.2. The lowest BCUT2D eigenvalue weighted by Gasteiger charge is -2.20. The summed E-state index contributed by atoms with van der Waals surface area (Å²) in [6, 6.07) is 11.8. The predicted octanol–water partition coefficient (Wildman–Crippen LogP) is 3.58. The van der Waals surface area contributed by atoms with Crippen molar-refractivity contribution in [2.24, 2.45) is 14.1 Å². The van der Waals surface area contributed by atoms with Gasteiger partial charge in [-0.25, -0.2) is 13.8 Å². The highest BCUT2D eigenvalue weighted by molar-refractivity contribution is 7.99. The molecule has 34 heavy (non-hydrogen) atoms. The standard InChI is InChI=1S/C24H24FN5O3S/c1-13-9-10-18(17(25)11-13)30-21-19(23(32)29(4)24(30)33)20(14(2)22(31)28(21)3)26-15-7-6-8-16(12-15)27-34-5/h6-12,26-27H,1-5H3. The van der Waals surface area contributed by atoms with Crippen molar-refractivity contribution < 1.29 is 4.39 Å². The van der Waals surface area contributed by atoms with E-state index in [4.69, 9.17) is 0 Å². The molecule has 0 saturated carbocycles. The number of aromatic nitrogens is 3. The van der Waals surface area contributed by atoms with Gasteiger partial charge in [0.2, 0.25) is 0 Å². The van der Waals surface area contributed by atoms with Gasteiger partial charge < -0.3 is 10.0 Å². The highest BCUT2D eigenvalue weighted by Crippen LogP contribution is 2.28. The molecule has 0 amide bonds. The number of halogens is 1. The van der Waals surface area contributed by atoms with Crippen molar-refractivity contribution in [3.63, 3.8) is 0 Å². The van der Waals surface area contributed by atoms with Gasteiger partial charge in [-0.3, -0.25) is 18.7 Å². The maximum absolute atomic E-state index is 15.0. The number of nitrogens with one attached hydrogen (secondary N) is 2. The van der Waals surface area contributed by atoms with Gasteiger partial charge in [0.1, 0.15) is 16.9 Å². The summed E-state index contributed by atoms with van der Waals surface area (Å²) < 4.78 is 21.3. The lowest BCUT2D eigenvalue weighted by atomic mass is 10.1. The van der Waals surface area contributed by atoms with Crippen LogP contribution in [0.1, 0.15) is 11.1 Å². The number of benzene rings is 2. The fraction of sp³-hybridized carbons (Fsp3) is 0.208. The Morgan fingerprint density at radius 1 is 0.912 bits per heavy atom. The minimum absolute atomic E-state index is 0.00680. The summed E-state index contributed by atoms with van der Waals surface area (Å²) in [5.74, 6) is -0.638. The van der Waals surface area contributed by atoms with E-state index in [9.17, 15) is 18.8 Å². The molecular formula is C24H24FN5O3S. The van der Waals surface area contributed by atoms with Crippen molar-refractivity contribution >= 4 is 40.0 Å². The van der Waals surface area contributed by atoms with Crippen LogP contribution >= 0.6 is 11.9 Å².